The number of aliphatic hydroxyl groups excluding tert-OH is 1. The number of halogens is 1. The van der Waals surface area contributed by atoms with Crippen LogP contribution in [-0.2, 0) is 4.79 Å². The minimum atomic E-state index is -0.438. The van der Waals surface area contributed by atoms with Gasteiger partial charge in [0.2, 0.25) is 5.91 Å². The zero-order chi connectivity index (χ0) is 11.1. The lowest BCUT2D eigenvalue weighted by atomic mass is 9.99. The Morgan fingerprint density at radius 3 is 2.33 bits per heavy atom. The Kier molecular flexibility index (Phi) is 10.2. The quantitative estimate of drug-likeness (QED) is 0.713. The van der Waals surface area contributed by atoms with Gasteiger partial charge < -0.3 is 15.7 Å². The SMILES string of the molecule is CCC(C)C(N)C(=O)N(CC)CCO.Cl. The Morgan fingerprint density at radius 2 is 2.00 bits per heavy atom. The number of hydrogen-bond donors (Lipinski definition) is 2. The van der Waals surface area contributed by atoms with Crippen molar-refractivity contribution in [3.05, 3.63) is 0 Å². The van der Waals surface area contributed by atoms with Gasteiger partial charge in [-0.15, -0.1) is 12.4 Å². The van der Waals surface area contributed by atoms with E-state index in [9.17, 15) is 4.79 Å². The molecule has 1 amide bonds. The van der Waals surface area contributed by atoms with Gasteiger partial charge in [0.05, 0.1) is 12.6 Å². The molecule has 5 heteroatoms. The molecule has 0 radical (unpaired) electrons. The van der Waals surface area contributed by atoms with Crippen LogP contribution >= 0.6 is 12.4 Å². The normalized spacial score (nSPS) is 13.9. The summed E-state index contributed by atoms with van der Waals surface area (Å²) in [4.78, 5) is 13.3. The molecular formula is C10H23ClN2O2. The van der Waals surface area contributed by atoms with E-state index in [1.54, 1.807) is 4.90 Å². The average Bonchev–Trinajstić information content (AvgIpc) is 2.22. The third-order valence-corrected chi connectivity index (χ3v) is 2.61. The number of nitrogens with zero attached hydrogens (tertiary/aromatic N) is 1. The summed E-state index contributed by atoms with van der Waals surface area (Å²) in [7, 11) is 0. The Bertz CT molecular complexity index is 175. The standard InChI is InChI=1S/C10H22N2O2.ClH/c1-4-8(3)9(11)10(14)12(5-2)6-7-13;/h8-9,13H,4-7,11H2,1-3H3;1H. The van der Waals surface area contributed by atoms with E-state index in [1.807, 2.05) is 20.8 Å². The van der Waals surface area contributed by atoms with Gasteiger partial charge in [-0.25, -0.2) is 0 Å². The van der Waals surface area contributed by atoms with Gasteiger partial charge in [0, 0.05) is 13.1 Å². The van der Waals surface area contributed by atoms with Crippen LogP contribution in [0.25, 0.3) is 0 Å². The second-order valence-electron chi connectivity index (χ2n) is 3.55. The number of hydrogen-bond acceptors (Lipinski definition) is 3. The monoisotopic (exact) mass is 238 g/mol. The van der Waals surface area contributed by atoms with E-state index in [4.69, 9.17) is 10.8 Å². The molecule has 0 fully saturated rings. The predicted octanol–water partition coefficient (Wildman–Crippen LogP) is 0.622. The number of nitrogens with two attached hydrogens (primary N) is 1. The fourth-order valence-corrected chi connectivity index (χ4v) is 1.25. The maximum atomic E-state index is 11.8. The van der Waals surface area contributed by atoms with E-state index >= 15 is 0 Å². The summed E-state index contributed by atoms with van der Waals surface area (Å²) < 4.78 is 0. The summed E-state index contributed by atoms with van der Waals surface area (Å²) >= 11 is 0. The highest BCUT2D eigenvalue weighted by atomic mass is 35.5. The molecule has 2 unspecified atom stereocenters. The first-order chi connectivity index (χ1) is 6.58. The van der Waals surface area contributed by atoms with Crippen LogP contribution in [0, 0.1) is 5.92 Å². The second kappa shape index (κ2) is 8.95. The third kappa shape index (κ3) is 5.35. The Labute approximate surface area is 98.2 Å². The lowest BCUT2D eigenvalue weighted by Gasteiger charge is -2.26. The molecular weight excluding hydrogens is 216 g/mol. The fraction of sp³-hybridized carbons (Fsp3) is 0.900. The highest BCUT2D eigenvalue weighted by Crippen LogP contribution is 2.08. The number of aliphatic hydroxyl groups is 1. The van der Waals surface area contributed by atoms with Gasteiger partial charge in [0.25, 0.3) is 0 Å². The highest BCUT2D eigenvalue weighted by Gasteiger charge is 2.23. The molecule has 0 saturated carbocycles. The Hall–Kier alpha value is -0.320. The lowest BCUT2D eigenvalue weighted by Crippen LogP contribution is -2.47. The zero-order valence-corrected chi connectivity index (χ0v) is 10.6. The van der Waals surface area contributed by atoms with E-state index < -0.39 is 6.04 Å². The largest absolute Gasteiger partial charge is 0.395 e. The molecule has 92 valence electrons. The molecule has 3 N–H and O–H groups in total. The van der Waals surface area contributed by atoms with E-state index in [2.05, 4.69) is 0 Å². The summed E-state index contributed by atoms with van der Waals surface area (Å²) in [6.45, 7) is 6.84. The van der Waals surface area contributed by atoms with Crippen LogP contribution in [0.3, 0.4) is 0 Å². The molecule has 0 aliphatic heterocycles. The van der Waals surface area contributed by atoms with Crippen molar-refractivity contribution in [2.24, 2.45) is 11.7 Å². The highest BCUT2D eigenvalue weighted by molar-refractivity contribution is 5.85. The summed E-state index contributed by atoms with van der Waals surface area (Å²) in [5.41, 5.74) is 5.81. The van der Waals surface area contributed by atoms with Crippen LogP contribution in [0.15, 0.2) is 0 Å². The van der Waals surface area contributed by atoms with E-state index in [1.165, 1.54) is 0 Å². The minimum absolute atomic E-state index is 0. The third-order valence-electron chi connectivity index (χ3n) is 2.61. The number of amides is 1. The first kappa shape index (κ1) is 17.1. The van der Waals surface area contributed by atoms with Gasteiger partial charge in [-0.05, 0) is 12.8 Å². The molecule has 0 spiro atoms. The van der Waals surface area contributed by atoms with E-state index in [0.29, 0.717) is 13.1 Å². The van der Waals surface area contributed by atoms with Crippen LogP contribution in [-0.4, -0.2) is 41.7 Å². The molecule has 0 aromatic rings. The van der Waals surface area contributed by atoms with Gasteiger partial charge in [-0.1, -0.05) is 20.3 Å². The van der Waals surface area contributed by atoms with E-state index in [-0.39, 0.29) is 30.8 Å². The minimum Gasteiger partial charge on any atom is -0.395 e. The first-order valence-corrected chi connectivity index (χ1v) is 5.23. The maximum Gasteiger partial charge on any atom is 0.239 e. The summed E-state index contributed by atoms with van der Waals surface area (Å²) in [5, 5.41) is 8.76. The van der Waals surface area contributed by atoms with Crippen LogP contribution in [0.4, 0.5) is 0 Å². The molecule has 2 atom stereocenters. The van der Waals surface area contributed by atoms with Crippen molar-refractivity contribution in [3.63, 3.8) is 0 Å². The summed E-state index contributed by atoms with van der Waals surface area (Å²) in [6.07, 6.45) is 0.892. The van der Waals surface area contributed by atoms with Crippen molar-refractivity contribution < 1.29 is 9.90 Å². The molecule has 0 aromatic heterocycles. The average molecular weight is 239 g/mol. The molecule has 0 bridgehead atoms. The first-order valence-electron chi connectivity index (χ1n) is 5.23. The van der Waals surface area contributed by atoms with Gasteiger partial charge in [-0.2, -0.15) is 0 Å². The van der Waals surface area contributed by atoms with Crippen LogP contribution in [0.1, 0.15) is 27.2 Å². The molecule has 4 nitrogen and oxygen atoms in total. The number of carbonyl (C=O) groups is 1. The predicted molar refractivity (Wildman–Crippen MR) is 64.0 cm³/mol. The number of carbonyl (C=O) groups excluding carboxylic acids is 1. The summed E-state index contributed by atoms with van der Waals surface area (Å²) in [6, 6.07) is -0.438. The van der Waals surface area contributed by atoms with Crippen LogP contribution in [0.2, 0.25) is 0 Å². The van der Waals surface area contributed by atoms with Gasteiger partial charge in [0.15, 0.2) is 0 Å². The van der Waals surface area contributed by atoms with Crippen molar-refractivity contribution in [2.45, 2.75) is 33.2 Å². The molecule has 0 aliphatic rings. The molecule has 0 rings (SSSR count). The van der Waals surface area contributed by atoms with Crippen molar-refractivity contribution in [1.82, 2.24) is 4.90 Å². The topological polar surface area (TPSA) is 66.6 Å². The van der Waals surface area contributed by atoms with Crippen molar-refractivity contribution in [2.75, 3.05) is 19.7 Å². The number of rotatable bonds is 6. The zero-order valence-electron chi connectivity index (χ0n) is 9.77. The van der Waals surface area contributed by atoms with Gasteiger partial charge in [-0.3, -0.25) is 4.79 Å². The second-order valence-corrected chi connectivity index (χ2v) is 3.55. The maximum absolute atomic E-state index is 11.8. The number of likely N-dealkylation sites (N-methyl/N-ethyl adjacent to an activating group) is 1. The lowest BCUT2D eigenvalue weighted by molar-refractivity contribution is -0.134. The van der Waals surface area contributed by atoms with Gasteiger partial charge in [0.1, 0.15) is 0 Å². The molecule has 0 aromatic carbocycles. The summed E-state index contributed by atoms with van der Waals surface area (Å²) in [5.74, 6) is 0.131. The van der Waals surface area contributed by atoms with Crippen LogP contribution < -0.4 is 5.73 Å². The van der Waals surface area contributed by atoms with E-state index in [0.717, 1.165) is 6.42 Å². The van der Waals surface area contributed by atoms with Gasteiger partial charge >= 0.3 is 0 Å². The molecule has 0 aliphatic carbocycles. The van der Waals surface area contributed by atoms with Crippen molar-refractivity contribution in [3.8, 4) is 0 Å². The van der Waals surface area contributed by atoms with Crippen molar-refractivity contribution in [1.29, 1.82) is 0 Å². The molecule has 0 heterocycles. The fourth-order valence-electron chi connectivity index (χ4n) is 1.25. The smallest absolute Gasteiger partial charge is 0.239 e. The van der Waals surface area contributed by atoms with Crippen molar-refractivity contribution >= 4 is 18.3 Å². The van der Waals surface area contributed by atoms with Crippen LogP contribution in [0.5, 0.6) is 0 Å². The Morgan fingerprint density at radius 1 is 1.47 bits per heavy atom. The Balaban J connectivity index is 0. The molecule has 15 heavy (non-hydrogen) atoms. The molecule has 0 saturated heterocycles.